The summed E-state index contributed by atoms with van der Waals surface area (Å²) in [6.45, 7) is 1.82. The maximum Gasteiger partial charge on any atom is 0.243 e. The maximum absolute atomic E-state index is 12.2. The Balaban J connectivity index is 1.08. The van der Waals surface area contributed by atoms with Crippen molar-refractivity contribution in [3.63, 3.8) is 0 Å². The van der Waals surface area contributed by atoms with Crippen LogP contribution in [0, 0.1) is 5.92 Å². The fourth-order valence-corrected chi connectivity index (χ4v) is 6.24. The van der Waals surface area contributed by atoms with E-state index in [0.29, 0.717) is 35.0 Å². The molecule has 2 saturated carbocycles. The van der Waals surface area contributed by atoms with Gasteiger partial charge >= 0.3 is 0 Å². The zero-order valence-electron chi connectivity index (χ0n) is 23.6. The molecule has 2 aliphatic rings. The van der Waals surface area contributed by atoms with Crippen LogP contribution in [0.3, 0.4) is 0 Å². The average Bonchev–Trinajstić information content (AvgIpc) is 3.38. The van der Waals surface area contributed by atoms with Gasteiger partial charge in [0.05, 0.1) is 16.9 Å². The lowest BCUT2D eigenvalue weighted by Crippen LogP contribution is -2.43. The summed E-state index contributed by atoms with van der Waals surface area (Å²) < 4.78 is 0. The summed E-state index contributed by atoms with van der Waals surface area (Å²) in [5, 5.41) is 12.3. The molecule has 214 valence electrons. The molecule has 2 aliphatic carbocycles. The molecule has 0 unspecified atom stereocenters. The van der Waals surface area contributed by atoms with Crippen molar-refractivity contribution >= 4 is 34.4 Å². The molecule has 1 amide bonds. The number of fused-ring (bicyclic) bond motifs is 1. The molecule has 8 nitrogen and oxygen atoms in total. The minimum atomic E-state index is 0.0300. The summed E-state index contributed by atoms with van der Waals surface area (Å²) in [4.78, 5) is 26.8. The molecule has 0 aliphatic heterocycles. The number of amides is 1. The number of benzene rings is 1. The first kappa shape index (κ1) is 28.6. The number of rotatable bonds is 10. The molecule has 2 fully saturated rings. The van der Waals surface area contributed by atoms with Gasteiger partial charge < -0.3 is 25.8 Å². The van der Waals surface area contributed by atoms with Crippen LogP contribution in [0.4, 0.5) is 5.95 Å². The Morgan fingerprint density at radius 1 is 1.10 bits per heavy atom. The van der Waals surface area contributed by atoms with E-state index in [0.717, 1.165) is 73.8 Å². The van der Waals surface area contributed by atoms with Crippen LogP contribution in [0.1, 0.15) is 51.4 Å². The second-order valence-corrected chi connectivity index (χ2v) is 12.0. The highest BCUT2D eigenvalue weighted by molar-refractivity contribution is 6.33. The third kappa shape index (κ3) is 7.62. The quantitative estimate of drug-likeness (QED) is 0.247. The standard InChI is InChI=1S/C31H42ClN7O/c1-39(2)16-6-11-29(40)36-22-14-12-21(13-15-22)18-33-23-7-5-8-24(17-23)37-31-35-20-27(32)30(38-31)26-19-34-28-10-4-3-9-25(26)28/h3-4,6,9-11,19-24,33-34H,5,7-8,12-18H2,1-2H3,(H,36,40)(H,35,37,38)/b11-6+/t21?,22?,23-,24+/m0/s1. The number of anilines is 1. The van der Waals surface area contributed by atoms with Gasteiger partial charge in [-0.25, -0.2) is 9.97 Å². The number of halogens is 1. The highest BCUT2D eigenvalue weighted by Crippen LogP contribution is 2.33. The molecule has 0 radical (unpaired) electrons. The second kappa shape index (κ2) is 13.6. The first-order valence-corrected chi connectivity index (χ1v) is 15.0. The number of para-hydroxylation sites is 1. The Kier molecular flexibility index (Phi) is 9.73. The van der Waals surface area contributed by atoms with Crippen LogP contribution < -0.4 is 16.0 Å². The number of carbonyl (C=O) groups is 1. The number of aromatic amines is 1. The van der Waals surface area contributed by atoms with Crippen LogP contribution in [0.5, 0.6) is 0 Å². The fourth-order valence-electron chi connectivity index (χ4n) is 6.05. The van der Waals surface area contributed by atoms with Crippen molar-refractivity contribution in [2.75, 3.05) is 32.5 Å². The van der Waals surface area contributed by atoms with Gasteiger partial charge in [0.25, 0.3) is 0 Å². The predicted octanol–water partition coefficient (Wildman–Crippen LogP) is 5.38. The van der Waals surface area contributed by atoms with Gasteiger partial charge in [0.2, 0.25) is 11.9 Å². The third-order valence-electron chi connectivity index (χ3n) is 8.22. The van der Waals surface area contributed by atoms with Crippen molar-refractivity contribution in [2.24, 2.45) is 5.92 Å². The van der Waals surface area contributed by atoms with Crippen LogP contribution in [0.2, 0.25) is 5.02 Å². The summed E-state index contributed by atoms with van der Waals surface area (Å²) in [7, 11) is 4.00. The molecule has 0 spiro atoms. The topological polar surface area (TPSA) is 98.0 Å². The van der Waals surface area contributed by atoms with E-state index in [1.54, 1.807) is 12.3 Å². The number of likely N-dealkylation sites (N-methyl/N-ethyl adjacent to an activating group) is 1. The zero-order chi connectivity index (χ0) is 27.9. The number of nitrogens with zero attached hydrogens (tertiary/aromatic N) is 3. The molecule has 9 heteroatoms. The van der Waals surface area contributed by atoms with Gasteiger partial charge in [-0.15, -0.1) is 0 Å². The van der Waals surface area contributed by atoms with Gasteiger partial charge in [-0.3, -0.25) is 4.79 Å². The lowest BCUT2D eigenvalue weighted by Gasteiger charge is -2.33. The van der Waals surface area contributed by atoms with Crippen molar-refractivity contribution < 1.29 is 4.79 Å². The van der Waals surface area contributed by atoms with Crippen molar-refractivity contribution in [1.82, 2.24) is 30.5 Å². The van der Waals surface area contributed by atoms with E-state index in [9.17, 15) is 4.79 Å². The minimum Gasteiger partial charge on any atom is -0.360 e. The van der Waals surface area contributed by atoms with Crippen molar-refractivity contribution in [3.05, 3.63) is 53.8 Å². The van der Waals surface area contributed by atoms with Crippen molar-refractivity contribution in [1.29, 1.82) is 0 Å². The van der Waals surface area contributed by atoms with E-state index in [4.69, 9.17) is 16.6 Å². The number of H-pyrrole nitrogens is 1. The van der Waals surface area contributed by atoms with Crippen molar-refractivity contribution in [3.8, 4) is 11.3 Å². The highest BCUT2D eigenvalue weighted by atomic mass is 35.5. The molecular formula is C31H42ClN7O. The molecule has 2 heterocycles. The summed E-state index contributed by atoms with van der Waals surface area (Å²) in [5.74, 6) is 1.33. The zero-order valence-corrected chi connectivity index (χ0v) is 24.4. The molecule has 4 N–H and O–H groups in total. The van der Waals surface area contributed by atoms with Crippen LogP contribution in [0.25, 0.3) is 22.2 Å². The van der Waals surface area contributed by atoms with Crippen LogP contribution in [-0.2, 0) is 4.79 Å². The molecule has 2 aromatic heterocycles. The molecule has 40 heavy (non-hydrogen) atoms. The molecule has 2 atom stereocenters. The summed E-state index contributed by atoms with van der Waals surface area (Å²) in [6, 6.07) is 9.29. The normalized spacial score (nSPS) is 23.6. The van der Waals surface area contributed by atoms with Gasteiger partial charge in [0.1, 0.15) is 0 Å². The highest BCUT2D eigenvalue weighted by Gasteiger charge is 2.26. The molecule has 5 rings (SSSR count). The van der Waals surface area contributed by atoms with E-state index in [1.165, 1.54) is 12.8 Å². The van der Waals surface area contributed by atoms with E-state index in [1.807, 2.05) is 43.4 Å². The van der Waals surface area contributed by atoms with E-state index >= 15 is 0 Å². The van der Waals surface area contributed by atoms with E-state index in [2.05, 4.69) is 38.1 Å². The second-order valence-electron chi connectivity index (χ2n) is 11.6. The average molecular weight is 564 g/mol. The van der Waals surface area contributed by atoms with E-state index < -0.39 is 0 Å². The minimum absolute atomic E-state index is 0.0300. The number of hydrogen-bond acceptors (Lipinski definition) is 6. The molecule has 1 aromatic carbocycles. The Labute approximate surface area is 242 Å². The van der Waals surface area contributed by atoms with Gasteiger partial charge in [-0.2, -0.15) is 0 Å². The molecule has 0 bridgehead atoms. The van der Waals surface area contributed by atoms with Gasteiger partial charge in [0.15, 0.2) is 0 Å². The SMILES string of the molecule is CN(C)C/C=C/C(=O)NC1CCC(CN[C@H]2CCC[C@@H](Nc3ncc(Cl)c(-c4c[nH]c5ccccc45)n3)C2)CC1. The van der Waals surface area contributed by atoms with Gasteiger partial charge in [-0.05, 0) is 84.0 Å². The third-order valence-corrected chi connectivity index (χ3v) is 8.50. The lowest BCUT2D eigenvalue weighted by molar-refractivity contribution is -0.117. The first-order chi connectivity index (χ1) is 19.4. The largest absolute Gasteiger partial charge is 0.360 e. The Morgan fingerprint density at radius 3 is 2.73 bits per heavy atom. The molecule has 3 aromatic rings. The summed E-state index contributed by atoms with van der Waals surface area (Å²) in [6.07, 6.45) is 16.2. The van der Waals surface area contributed by atoms with Crippen LogP contribution in [0.15, 0.2) is 48.8 Å². The summed E-state index contributed by atoms with van der Waals surface area (Å²) >= 11 is 6.53. The maximum atomic E-state index is 12.2. The monoisotopic (exact) mass is 563 g/mol. The van der Waals surface area contributed by atoms with Gasteiger partial charge in [0, 0.05) is 53.4 Å². The Hall–Kier alpha value is -2.94. The number of nitrogens with one attached hydrogen (secondary N) is 4. The number of hydrogen-bond donors (Lipinski definition) is 4. The fraction of sp³-hybridized carbons (Fsp3) is 0.516. The number of carbonyl (C=O) groups excluding carboxylic acids is 1. The Morgan fingerprint density at radius 2 is 1.90 bits per heavy atom. The van der Waals surface area contributed by atoms with Crippen LogP contribution in [-0.4, -0.2) is 71.1 Å². The molecule has 0 saturated heterocycles. The predicted molar refractivity (Wildman–Crippen MR) is 164 cm³/mol. The molecular weight excluding hydrogens is 522 g/mol. The van der Waals surface area contributed by atoms with Crippen LogP contribution >= 0.6 is 11.6 Å². The number of aromatic nitrogens is 3. The summed E-state index contributed by atoms with van der Waals surface area (Å²) in [5.41, 5.74) is 2.80. The van der Waals surface area contributed by atoms with E-state index in [-0.39, 0.29) is 5.91 Å². The van der Waals surface area contributed by atoms with Gasteiger partial charge in [-0.1, -0.05) is 35.9 Å². The Bertz CT molecular complexity index is 1300. The first-order valence-electron chi connectivity index (χ1n) is 14.7. The van der Waals surface area contributed by atoms with Crippen molar-refractivity contribution in [2.45, 2.75) is 69.5 Å². The smallest absolute Gasteiger partial charge is 0.243 e. The lowest BCUT2D eigenvalue weighted by atomic mass is 9.85.